The molecule has 1 fully saturated rings. The van der Waals surface area contributed by atoms with Crippen molar-refractivity contribution in [3.63, 3.8) is 0 Å². The Hall–Kier alpha value is -0.610. The van der Waals surface area contributed by atoms with E-state index in [1.165, 1.54) is 25.9 Å². The fraction of sp³-hybridized carbons (Fsp3) is 0.933. The maximum absolute atomic E-state index is 12.2. The third-order valence-electron chi connectivity index (χ3n) is 3.85. The van der Waals surface area contributed by atoms with Crippen molar-refractivity contribution < 1.29 is 4.79 Å². The fourth-order valence-electron chi connectivity index (χ4n) is 2.73. The van der Waals surface area contributed by atoms with E-state index in [4.69, 9.17) is 5.73 Å². The molecular formula is C15H31N3O. The van der Waals surface area contributed by atoms with Crippen molar-refractivity contribution in [1.29, 1.82) is 0 Å². The smallest absolute Gasteiger partial charge is 0.224 e. The summed E-state index contributed by atoms with van der Waals surface area (Å²) in [6, 6.07) is 0.430. The summed E-state index contributed by atoms with van der Waals surface area (Å²) in [6.45, 7) is 12.1. The van der Waals surface area contributed by atoms with Crippen LogP contribution >= 0.6 is 0 Å². The molecule has 0 aliphatic carbocycles. The van der Waals surface area contributed by atoms with E-state index in [1.54, 1.807) is 0 Å². The van der Waals surface area contributed by atoms with E-state index in [9.17, 15) is 4.79 Å². The van der Waals surface area contributed by atoms with Crippen LogP contribution in [0.1, 0.15) is 47.0 Å². The van der Waals surface area contributed by atoms with Crippen molar-refractivity contribution in [2.75, 3.05) is 26.2 Å². The zero-order chi connectivity index (χ0) is 14.5. The minimum Gasteiger partial charge on any atom is -0.354 e. The Morgan fingerprint density at radius 3 is 2.37 bits per heavy atom. The lowest BCUT2D eigenvalue weighted by Gasteiger charge is -2.27. The predicted molar refractivity (Wildman–Crippen MR) is 79.9 cm³/mol. The number of likely N-dealkylation sites (tertiary alicyclic amines) is 1. The summed E-state index contributed by atoms with van der Waals surface area (Å²) in [5.74, 6) is 0.0502. The monoisotopic (exact) mass is 269 g/mol. The summed E-state index contributed by atoms with van der Waals surface area (Å²) in [7, 11) is 0. The van der Waals surface area contributed by atoms with Crippen LogP contribution < -0.4 is 11.1 Å². The molecule has 3 N–H and O–H groups in total. The topological polar surface area (TPSA) is 58.4 Å². The van der Waals surface area contributed by atoms with E-state index >= 15 is 0 Å². The summed E-state index contributed by atoms with van der Waals surface area (Å²) < 4.78 is 0. The molecule has 4 heteroatoms. The van der Waals surface area contributed by atoms with Gasteiger partial charge in [0.1, 0.15) is 0 Å². The fourth-order valence-corrected chi connectivity index (χ4v) is 2.73. The van der Waals surface area contributed by atoms with Crippen molar-refractivity contribution >= 4 is 5.91 Å². The van der Waals surface area contributed by atoms with Gasteiger partial charge in [-0.2, -0.15) is 0 Å². The highest BCUT2D eigenvalue weighted by Gasteiger charge is 2.25. The van der Waals surface area contributed by atoms with Gasteiger partial charge >= 0.3 is 0 Å². The maximum Gasteiger partial charge on any atom is 0.224 e. The van der Waals surface area contributed by atoms with Crippen LogP contribution in [0.3, 0.4) is 0 Å². The second-order valence-corrected chi connectivity index (χ2v) is 7.03. The summed E-state index contributed by atoms with van der Waals surface area (Å²) >= 11 is 0. The van der Waals surface area contributed by atoms with E-state index in [0.29, 0.717) is 12.6 Å². The number of amides is 1. The van der Waals surface area contributed by atoms with Gasteiger partial charge in [0.15, 0.2) is 0 Å². The Morgan fingerprint density at radius 1 is 1.32 bits per heavy atom. The standard InChI is InChI=1S/C15H31N3O/c1-12(18-7-5-6-8-18)11-17-14(19)13(10-16)9-15(2,3)4/h12-13H,5-11,16H2,1-4H3,(H,17,19). The minimum absolute atomic E-state index is 0.0641. The van der Waals surface area contributed by atoms with Crippen molar-refractivity contribution in [2.24, 2.45) is 17.1 Å². The first-order valence-corrected chi connectivity index (χ1v) is 7.55. The highest BCUT2D eigenvalue weighted by atomic mass is 16.1. The molecule has 0 saturated carbocycles. The van der Waals surface area contributed by atoms with Crippen LogP contribution in [-0.4, -0.2) is 43.0 Å². The van der Waals surface area contributed by atoms with Gasteiger partial charge < -0.3 is 11.1 Å². The van der Waals surface area contributed by atoms with Gasteiger partial charge in [0.05, 0.1) is 5.92 Å². The number of hydrogen-bond donors (Lipinski definition) is 2. The molecule has 0 aromatic heterocycles. The molecule has 2 atom stereocenters. The van der Waals surface area contributed by atoms with Crippen molar-refractivity contribution in [3.8, 4) is 0 Å². The summed E-state index contributed by atoms with van der Waals surface area (Å²) in [5.41, 5.74) is 5.88. The lowest BCUT2D eigenvalue weighted by molar-refractivity contribution is -0.125. The van der Waals surface area contributed by atoms with Crippen molar-refractivity contribution in [1.82, 2.24) is 10.2 Å². The van der Waals surface area contributed by atoms with E-state index in [1.807, 2.05) is 0 Å². The summed E-state index contributed by atoms with van der Waals surface area (Å²) in [5, 5.41) is 3.07. The van der Waals surface area contributed by atoms with Crippen LogP contribution in [0.2, 0.25) is 0 Å². The Bertz CT molecular complexity index is 280. The minimum atomic E-state index is -0.0641. The normalized spacial score (nSPS) is 20.3. The van der Waals surface area contributed by atoms with Gasteiger partial charge in [-0.05, 0) is 44.7 Å². The lowest BCUT2D eigenvalue weighted by atomic mass is 9.84. The molecule has 112 valence electrons. The molecule has 0 radical (unpaired) electrons. The van der Waals surface area contributed by atoms with Gasteiger partial charge in [-0.3, -0.25) is 9.69 Å². The predicted octanol–water partition coefficient (Wildman–Crippen LogP) is 1.60. The van der Waals surface area contributed by atoms with Gasteiger partial charge in [-0.25, -0.2) is 0 Å². The Balaban J connectivity index is 2.35. The molecule has 0 aromatic carbocycles. The van der Waals surface area contributed by atoms with Crippen LogP contribution in [0, 0.1) is 11.3 Å². The maximum atomic E-state index is 12.2. The molecule has 0 aromatic rings. The lowest BCUT2D eigenvalue weighted by Crippen LogP contribution is -2.44. The SMILES string of the molecule is CC(CNC(=O)C(CN)CC(C)(C)C)N1CCCC1. The number of nitrogens with zero attached hydrogens (tertiary/aromatic N) is 1. The molecule has 1 heterocycles. The van der Waals surface area contributed by atoms with E-state index < -0.39 is 0 Å². The number of nitrogens with one attached hydrogen (secondary N) is 1. The number of hydrogen-bond acceptors (Lipinski definition) is 3. The van der Waals surface area contributed by atoms with Gasteiger partial charge in [0.25, 0.3) is 0 Å². The average Bonchev–Trinajstić information content (AvgIpc) is 2.85. The summed E-state index contributed by atoms with van der Waals surface area (Å²) in [6.07, 6.45) is 3.41. The number of nitrogens with two attached hydrogens (primary N) is 1. The molecular weight excluding hydrogens is 238 g/mol. The molecule has 1 aliphatic rings. The molecule has 4 nitrogen and oxygen atoms in total. The second-order valence-electron chi connectivity index (χ2n) is 7.03. The highest BCUT2D eigenvalue weighted by molar-refractivity contribution is 5.78. The van der Waals surface area contributed by atoms with Gasteiger partial charge in [-0.1, -0.05) is 20.8 Å². The van der Waals surface area contributed by atoms with E-state index in [-0.39, 0.29) is 17.2 Å². The van der Waals surface area contributed by atoms with E-state index in [0.717, 1.165) is 13.0 Å². The zero-order valence-corrected chi connectivity index (χ0v) is 13.0. The van der Waals surface area contributed by atoms with Crippen LogP contribution in [0.4, 0.5) is 0 Å². The van der Waals surface area contributed by atoms with Gasteiger partial charge in [0, 0.05) is 19.1 Å². The molecule has 19 heavy (non-hydrogen) atoms. The molecule has 1 saturated heterocycles. The molecule has 2 unspecified atom stereocenters. The van der Waals surface area contributed by atoms with Crippen molar-refractivity contribution in [2.45, 2.75) is 53.0 Å². The molecule has 0 bridgehead atoms. The zero-order valence-electron chi connectivity index (χ0n) is 13.0. The molecule has 1 amide bonds. The Morgan fingerprint density at radius 2 is 1.89 bits per heavy atom. The first-order valence-electron chi connectivity index (χ1n) is 7.55. The van der Waals surface area contributed by atoms with Crippen LogP contribution in [0.5, 0.6) is 0 Å². The van der Waals surface area contributed by atoms with Crippen molar-refractivity contribution in [3.05, 3.63) is 0 Å². The first-order chi connectivity index (χ1) is 8.83. The quantitative estimate of drug-likeness (QED) is 0.770. The third kappa shape index (κ3) is 5.91. The number of carbonyl (C=O) groups excluding carboxylic acids is 1. The Kier molecular flexibility index (Phi) is 6.27. The summed E-state index contributed by atoms with van der Waals surface area (Å²) in [4.78, 5) is 14.6. The van der Waals surface area contributed by atoms with Crippen LogP contribution in [-0.2, 0) is 4.79 Å². The third-order valence-corrected chi connectivity index (χ3v) is 3.85. The first kappa shape index (κ1) is 16.4. The average molecular weight is 269 g/mol. The van der Waals surface area contributed by atoms with Crippen LogP contribution in [0.15, 0.2) is 0 Å². The van der Waals surface area contributed by atoms with E-state index in [2.05, 4.69) is 37.9 Å². The highest BCUT2D eigenvalue weighted by Crippen LogP contribution is 2.24. The largest absolute Gasteiger partial charge is 0.354 e. The van der Waals surface area contributed by atoms with Gasteiger partial charge in [-0.15, -0.1) is 0 Å². The second kappa shape index (κ2) is 7.25. The molecule has 1 aliphatic heterocycles. The van der Waals surface area contributed by atoms with Gasteiger partial charge in [0.2, 0.25) is 5.91 Å². The molecule has 1 rings (SSSR count). The molecule has 0 spiro atoms. The number of rotatable bonds is 6. The number of carbonyl (C=O) groups is 1. The Labute approximate surface area is 118 Å². The van der Waals surface area contributed by atoms with Crippen LogP contribution in [0.25, 0.3) is 0 Å².